The maximum absolute atomic E-state index is 14.5. The van der Waals surface area contributed by atoms with E-state index in [0.29, 0.717) is 29.1 Å². The molecular weight excluding hydrogens is 383 g/mol. The molecule has 3 aromatic rings. The number of benzene rings is 1. The van der Waals surface area contributed by atoms with E-state index in [1.165, 1.54) is 6.07 Å². The van der Waals surface area contributed by atoms with Gasteiger partial charge in [-0.3, -0.25) is 4.90 Å². The molecule has 3 heterocycles. The molecule has 1 aliphatic rings. The van der Waals surface area contributed by atoms with Gasteiger partial charge in [0.15, 0.2) is 5.65 Å². The standard InChI is InChI=1S/C22H29FN6O/c1-3-27-11-13-28(14-12-27)10-8-24-21-7-9-29-22(26-21)19(16-25-29)18-15-17(30-4-2)5-6-20(18)23/h5-7,9,15-16H,3-4,8,10-14H2,1-2H3,(H,24,26). The van der Waals surface area contributed by atoms with E-state index in [0.717, 1.165) is 51.6 Å². The lowest BCUT2D eigenvalue weighted by atomic mass is 10.1. The van der Waals surface area contributed by atoms with E-state index >= 15 is 0 Å². The van der Waals surface area contributed by atoms with E-state index in [2.05, 4.69) is 27.1 Å². The van der Waals surface area contributed by atoms with Crippen molar-refractivity contribution in [3.63, 3.8) is 0 Å². The van der Waals surface area contributed by atoms with Crippen molar-refractivity contribution in [2.24, 2.45) is 0 Å². The van der Waals surface area contributed by atoms with Crippen molar-refractivity contribution in [1.82, 2.24) is 24.4 Å². The fraction of sp³-hybridized carbons (Fsp3) is 0.455. The number of anilines is 1. The summed E-state index contributed by atoms with van der Waals surface area (Å²) in [5, 5.41) is 7.73. The number of ether oxygens (including phenoxy) is 1. The van der Waals surface area contributed by atoms with Crippen LogP contribution in [0.25, 0.3) is 16.8 Å². The van der Waals surface area contributed by atoms with Crippen molar-refractivity contribution in [1.29, 1.82) is 0 Å². The van der Waals surface area contributed by atoms with Gasteiger partial charge in [0.1, 0.15) is 17.4 Å². The van der Waals surface area contributed by atoms with Crippen molar-refractivity contribution in [3.05, 3.63) is 42.5 Å². The van der Waals surface area contributed by atoms with Gasteiger partial charge in [-0.25, -0.2) is 13.9 Å². The Morgan fingerprint density at radius 3 is 2.63 bits per heavy atom. The molecule has 0 bridgehead atoms. The maximum atomic E-state index is 14.5. The second kappa shape index (κ2) is 9.40. The first-order valence-corrected chi connectivity index (χ1v) is 10.6. The topological polar surface area (TPSA) is 57.9 Å². The predicted molar refractivity (Wildman–Crippen MR) is 117 cm³/mol. The highest BCUT2D eigenvalue weighted by molar-refractivity contribution is 5.78. The Hall–Kier alpha value is -2.71. The fourth-order valence-electron chi connectivity index (χ4n) is 3.80. The molecule has 0 saturated carbocycles. The lowest BCUT2D eigenvalue weighted by Crippen LogP contribution is -2.47. The second-order valence-electron chi connectivity index (χ2n) is 7.42. The molecule has 30 heavy (non-hydrogen) atoms. The van der Waals surface area contributed by atoms with Crippen LogP contribution in [0.15, 0.2) is 36.7 Å². The highest BCUT2D eigenvalue weighted by Crippen LogP contribution is 2.30. The predicted octanol–water partition coefficient (Wildman–Crippen LogP) is 2.98. The van der Waals surface area contributed by atoms with Gasteiger partial charge in [-0.15, -0.1) is 0 Å². The van der Waals surface area contributed by atoms with E-state index in [-0.39, 0.29) is 5.82 Å². The summed E-state index contributed by atoms with van der Waals surface area (Å²) in [4.78, 5) is 9.63. The Morgan fingerprint density at radius 1 is 1.07 bits per heavy atom. The zero-order valence-corrected chi connectivity index (χ0v) is 17.6. The summed E-state index contributed by atoms with van der Waals surface area (Å²) in [6.07, 6.45) is 3.49. The minimum absolute atomic E-state index is 0.320. The van der Waals surface area contributed by atoms with Gasteiger partial charge in [-0.1, -0.05) is 6.92 Å². The Morgan fingerprint density at radius 2 is 1.87 bits per heavy atom. The Balaban J connectivity index is 1.46. The molecule has 0 spiro atoms. The van der Waals surface area contributed by atoms with Crippen LogP contribution in [0.5, 0.6) is 5.75 Å². The van der Waals surface area contributed by atoms with Gasteiger partial charge >= 0.3 is 0 Å². The van der Waals surface area contributed by atoms with E-state index in [4.69, 9.17) is 9.72 Å². The van der Waals surface area contributed by atoms with E-state index in [1.54, 1.807) is 22.8 Å². The normalized spacial score (nSPS) is 15.6. The first-order valence-electron chi connectivity index (χ1n) is 10.6. The Bertz CT molecular complexity index is 983. The molecule has 1 aliphatic heterocycles. The Kier molecular flexibility index (Phi) is 6.44. The molecule has 8 heteroatoms. The van der Waals surface area contributed by atoms with Gasteiger partial charge in [-0.2, -0.15) is 5.10 Å². The van der Waals surface area contributed by atoms with Crippen LogP contribution in [0, 0.1) is 5.82 Å². The van der Waals surface area contributed by atoms with Crippen LogP contribution < -0.4 is 10.1 Å². The van der Waals surface area contributed by atoms with Crippen molar-refractivity contribution in [2.75, 3.05) is 57.7 Å². The highest BCUT2D eigenvalue weighted by Gasteiger charge is 2.16. The molecule has 1 aromatic carbocycles. The smallest absolute Gasteiger partial charge is 0.165 e. The average Bonchev–Trinajstić information content (AvgIpc) is 3.19. The number of halogens is 1. The molecule has 0 unspecified atom stereocenters. The molecule has 2 aromatic heterocycles. The summed E-state index contributed by atoms with van der Waals surface area (Å²) in [6, 6.07) is 6.65. The summed E-state index contributed by atoms with van der Waals surface area (Å²) in [5.41, 5.74) is 1.70. The van der Waals surface area contributed by atoms with Crippen LogP contribution in [0.4, 0.5) is 10.2 Å². The molecule has 0 amide bonds. The van der Waals surface area contributed by atoms with E-state index < -0.39 is 0 Å². The molecule has 1 fully saturated rings. The van der Waals surface area contributed by atoms with Gasteiger partial charge in [0, 0.05) is 56.6 Å². The van der Waals surface area contributed by atoms with Crippen LogP contribution in [0.1, 0.15) is 13.8 Å². The van der Waals surface area contributed by atoms with E-state index in [9.17, 15) is 4.39 Å². The number of nitrogens with zero attached hydrogens (tertiary/aromatic N) is 5. The summed E-state index contributed by atoms with van der Waals surface area (Å²) in [6.45, 7) is 12.0. The zero-order valence-electron chi connectivity index (χ0n) is 17.6. The number of piperazine rings is 1. The largest absolute Gasteiger partial charge is 0.494 e. The Labute approximate surface area is 176 Å². The van der Waals surface area contributed by atoms with Gasteiger partial charge in [-0.05, 0) is 37.7 Å². The molecule has 1 N–H and O–H groups in total. The van der Waals surface area contributed by atoms with Crippen LogP contribution in [-0.2, 0) is 0 Å². The summed E-state index contributed by atoms with van der Waals surface area (Å²) in [5.74, 6) is 1.07. The lowest BCUT2D eigenvalue weighted by Gasteiger charge is -2.33. The third-order valence-corrected chi connectivity index (χ3v) is 5.55. The van der Waals surface area contributed by atoms with Gasteiger partial charge in [0.2, 0.25) is 0 Å². The third-order valence-electron chi connectivity index (χ3n) is 5.55. The maximum Gasteiger partial charge on any atom is 0.165 e. The van der Waals surface area contributed by atoms with Gasteiger partial charge < -0.3 is 15.0 Å². The molecule has 7 nitrogen and oxygen atoms in total. The second-order valence-corrected chi connectivity index (χ2v) is 7.42. The SMILES string of the molecule is CCOc1ccc(F)c(-c2cnn3ccc(NCCN4CCN(CC)CC4)nc23)c1. The summed E-state index contributed by atoms with van der Waals surface area (Å²) in [7, 11) is 0. The lowest BCUT2D eigenvalue weighted by molar-refractivity contribution is 0.141. The number of hydrogen-bond donors (Lipinski definition) is 1. The van der Waals surface area contributed by atoms with E-state index in [1.807, 2.05) is 19.2 Å². The molecule has 4 rings (SSSR count). The molecule has 0 atom stereocenters. The number of hydrogen-bond acceptors (Lipinski definition) is 6. The number of rotatable bonds is 8. The summed E-state index contributed by atoms with van der Waals surface area (Å²) < 4.78 is 21.7. The first-order chi connectivity index (χ1) is 14.7. The van der Waals surface area contributed by atoms with Crippen LogP contribution >= 0.6 is 0 Å². The van der Waals surface area contributed by atoms with Crippen LogP contribution in [-0.4, -0.2) is 76.8 Å². The molecule has 0 aliphatic carbocycles. The molecule has 1 saturated heterocycles. The van der Waals surface area contributed by atoms with Crippen molar-refractivity contribution in [3.8, 4) is 16.9 Å². The number of aromatic nitrogens is 3. The van der Waals surface area contributed by atoms with Crippen molar-refractivity contribution in [2.45, 2.75) is 13.8 Å². The molecule has 160 valence electrons. The first kappa shape index (κ1) is 20.6. The van der Waals surface area contributed by atoms with Crippen molar-refractivity contribution < 1.29 is 9.13 Å². The fourth-order valence-corrected chi connectivity index (χ4v) is 3.80. The van der Waals surface area contributed by atoms with Crippen LogP contribution in [0.3, 0.4) is 0 Å². The third kappa shape index (κ3) is 4.55. The molecular formula is C22H29FN6O. The quantitative estimate of drug-likeness (QED) is 0.614. The summed E-state index contributed by atoms with van der Waals surface area (Å²) >= 11 is 0. The van der Waals surface area contributed by atoms with Gasteiger partial charge in [0.25, 0.3) is 0 Å². The van der Waals surface area contributed by atoms with Gasteiger partial charge in [0.05, 0.1) is 12.8 Å². The number of nitrogens with one attached hydrogen (secondary N) is 1. The zero-order chi connectivity index (χ0) is 20.9. The van der Waals surface area contributed by atoms with Crippen LogP contribution in [0.2, 0.25) is 0 Å². The number of likely N-dealkylation sites (N-methyl/N-ethyl adjacent to an activating group) is 1. The molecule has 0 radical (unpaired) electrons. The van der Waals surface area contributed by atoms with Crippen molar-refractivity contribution >= 4 is 11.5 Å². The highest BCUT2D eigenvalue weighted by atomic mass is 19.1. The number of fused-ring (bicyclic) bond motifs is 1. The monoisotopic (exact) mass is 412 g/mol. The average molecular weight is 413 g/mol. The minimum Gasteiger partial charge on any atom is -0.494 e. The minimum atomic E-state index is -0.320.